The molecule has 1 saturated heterocycles. The van der Waals surface area contributed by atoms with Crippen LogP contribution in [0.25, 0.3) is 0 Å². The van der Waals surface area contributed by atoms with Gasteiger partial charge in [-0.15, -0.1) is 0 Å². The van der Waals surface area contributed by atoms with Crippen molar-refractivity contribution in [2.24, 2.45) is 17.6 Å². The van der Waals surface area contributed by atoms with Crippen LogP contribution in [0.2, 0.25) is 0 Å². The predicted octanol–water partition coefficient (Wildman–Crippen LogP) is 1.04. The molecule has 2 fully saturated rings. The molecule has 1 unspecified atom stereocenters. The molecular formula is C11H22N2O. The third-order valence-electron chi connectivity index (χ3n) is 3.26. The zero-order valence-electron chi connectivity index (χ0n) is 8.95. The summed E-state index contributed by atoms with van der Waals surface area (Å²) in [5.41, 5.74) is 5.68. The molecule has 2 rings (SSSR count). The van der Waals surface area contributed by atoms with Crippen molar-refractivity contribution in [3.8, 4) is 0 Å². The Morgan fingerprint density at radius 2 is 2.07 bits per heavy atom. The maximum Gasteiger partial charge on any atom is 0.0990 e. The van der Waals surface area contributed by atoms with Gasteiger partial charge in [0.2, 0.25) is 0 Å². The zero-order chi connectivity index (χ0) is 9.80. The lowest BCUT2D eigenvalue weighted by Crippen LogP contribution is -2.39. The van der Waals surface area contributed by atoms with Crippen molar-refractivity contribution >= 4 is 0 Å². The average molecular weight is 198 g/mol. The minimum atomic E-state index is 0.702. The lowest BCUT2D eigenvalue weighted by atomic mass is 9.99. The lowest BCUT2D eigenvalue weighted by Gasteiger charge is -2.31. The Hall–Kier alpha value is -0.120. The smallest absolute Gasteiger partial charge is 0.0990 e. The van der Waals surface area contributed by atoms with Gasteiger partial charge in [-0.05, 0) is 44.1 Å². The van der Waals surface area contributed by atoms with Gasteiger partial charge in [0, 0.05) is 13.1 Å². The molecular weight excluding hydrogens is 176 g/mol. The fourth-order valence-electron chi connectivity index (χ4n) is 2.09. The molecule has 3 heteroatoms. The minimum absolute atomic E-state index is 0.702. The van der Waals surface area contributed by atoms with Crippen molar-refractivity contribution in [1.82, 2.24) is 4.90 Å². The first kappa shape index (κ1) is 10.4. The Bertz CT molecular complexity index is 171. The molecule has 0 amide bonds. The Morgan fingerprint density at radius 1 is 1.21 bits per heavy atom. The van der Waals surface area contributed by atoms with Crippen molar-refractivity contribution in [2.45, 2.75) is 25.7 Å². The number of piperidine rings is 1. The van der Waals surface area contributed by atoms with Crippen molar-refractivity contribution in [1.29, 1.82) is 0 Å². The molecule has 0 aromatic heterocycles. The van der Waals surface area contributed by atoms with E-state index in [-0.39, 0.29) is 0 Å². The van der Waals surface area contributed by atoms with Gasteiger partial charge < -0.3 is 10.5 Å². The molecule has 1 heterocycles. The SMILES string of the molecule is NCC1CCCN(COCC2CC2)C1. The summed E-state index contributed by atoms with van der Waals surface area (Å²) in [6.45, 7) is 4.97. The summed E-state index contributed by atoms with van der Waals surface area (Å²) in [5, 5.41) is 0. The second-order valence-electron chi connectivity index (χ2n) is 4.76. The maximum absolute atomic E-state index is 5.68. The quantitative estimate of drug-likeness (QED) is 0.717. The van der Waals surface area contributed by atoms with E-state index in [2.05, 4.69) is 4.90 Å². The third-order valence-corrected chi connectivity index (χ3v) is 3.26. The van der Waals surface area contributed by atoms with E-state index in [4.69, 9.17) is 10.5 Å². The molecule has 82 valence electrons. The summed E-state index contributed by atoms with van der Waals surface area (Å²) < 4.78 is 5.67. The van der Waals surface area contributed by atoms with E-state index in [1.54, 1.807) is 0 Å². The summed E-state index contributed by atoms with van der Waals surface area (Å²) in [5.74, 6) is 1.58. The Balaban J connectivity index is 1.58. The fourth-order valence-corrected chi connectivity index (χ4v) is 2.09. The van der Waals surface area contributed by atoms with Crippen LogP contribution in [-0.4, -0.2) is 37.9 Å². The molecule has 3 nitrogen and oxygen atoms in total. The van der Waals surface area contributed by atoms with E-state index in [1.165, 1.54) is 32.2 Å². The highest BCUT2D eigenvalue weighted by Crippen LogP contribution is 2.28. The van der Waals surface area contributed by atoms with Gasteiger partial charge in [0.05, 0.1) is 13.3 Å². The van der Waals surface area contributed by atoms with Gasteiger partial charge in [-0.2, -0.15) is 0 Å². The highest BCUT2D eigenvalue weighted by Gasteiger charge is 2.22. The van der Waals surface area contributed by atoms with Crippen LogP contribution in [-0.2, 0) is 4.74 Å². The monoisotopic (exact) mass is 198 g/mol. The van der Waals surface area contributed by atoms with Crippen molar-refractivity contribution in [2.75, 3.05) is 33.0 Å². The first-order valence-electron chi connectivity index (χ1n) is 5.88. The van der Waals surface area contributed by atoms with Gasteiger partial charge >= 0.3 is 0 Å². The van der Waals surface area contributed by atoms with E-state index in [1.807, 2.05) is 0 Å². The van der Waals surface area contributed by atoms with E-state index < -0.39 is 0 Å². The second-order valence-corrected chi connectivity index (χ2v) is 4.76. The first-order valence-corrected chi connectivity index (χ1v) is 5.88. The van der Waals surface area contributed by atoms with E-state index in [0.29, 0.717) is 5.92 Å². The number of hydrogen-bond acceptors (Lipinski definition) is 3. The van der Waals surface area contributed by atoms with Gasteiger partial charge in [-0.25, -0.2) is 0 Å². The van der Waals surface area contributed by atoms with Crippen LogP contribution in [0.15, 0.2) is 0 Å². The first-order chi connectivity index (χ1) is 6.88. The molecule has 0 spiro atoms. The number of ether oxygens (including phenoxy) is 1. The molecule has 14 heavy (non-hydrogen) atoms. The average Bonchev–Trinajstić information content (AvgIpc) is 3.02. The zero-order valence-corrected chi connectivity index (χ0v) is 8.95. The number of likely N-dealkylation sites (tertiary alicyclic amines) is 1. The standard InChI is InChI=1S/C11H22N2O/c12-6-11-2-1-5-13(7-11)9-14-8-10-3-4-10/h10-11H,1-9,12H2. The van der Waals surface area contributed by atoms with Gasteiger partial charge in [-0.1, -0.05) is 0 Å². The van der Waals surface area contributed by atoms with Crippen molar-refractivity contribution < 1.29 is 4.74 Å². The summed E-state index contributed by atoms with van der Waals surface area (Å²) in [7, 11) is 0. The van der Waals surface area contributed by atoms with Crippen LogP contribution >= 0.6 is 0 Å². The van der Waals surface area contributed by atoms with Crippen LogP contribution in [0, 0.1) is 11.8 Å². The highest BCUT2D eigenvalue weighted by atomic mass is 16.5. The Labute approximate surface area is 86.6 Å². The van der Waals surface area contributed by atoms with Gasteiger partial charge in [0.1, 0.15) is 0 Å². The van der Waals surface area contributed by atoms with Crippen molar-refractivity contribution in [3.63, 3.8) is 0 Å². The highest BCUT2D eigenvalue weighted by molar-refractivity contribution is 4.73. The molecule has 2 aliphatic rings. The topological polar surface area (TPSA) is 38.5 Å². The van der Waals surface area contributed by atoms with Crippen molar-refractivity contribution in [3.05, 3.63) is 0 Å². The number of nitrogens with zero attached hydrogens (tertiary/aromatic N) is 1. The fraction of sp³-hybridized carbons (Fsp3) is 1.00. The van der Waals surface area contributed by atoms with Gasteiger partial charge in [0.15, 0.2) is 0 Å². The maximum atomic E-state index is 5.68. The van der Waals surface area contributed by atoms with Gasteiger partial charge in [0.25, 0.3) is 0 Å². The molecule has 0 radical (unpaired) electrons. The predicted molar refractivity (Wildman–Crippen MR) is 56.9 cm³/mol. The number of nitrogens with two attached hydrogens (primary N) is 1. The van der Waals surface area contributed by atoms with Gasteiger partial charge in [-0.3, -0.25) is 4.90 Å². The molecule has 1 atom stereocenters. The largest absolute Gasteiger partial charge is 0.366 e. The summed E-state index contributed by atoms with van der Waals surface area (Å²) >= 11 is 0. The molecule has 1 aliphatic carbocycles. The van der Waals surface area contributed by atoms with Crippen LogP contribution in [0.1, 0.15) is 25.7 Å². The summed E-state index contributed by atoms with van der Waals surface area (Å²) in [4.78, 5) is 2.41. The number of rotatable bonds is 5. The molecule has 0 aromatic rings. The Kier molecular flexibility index (Phi) is 3.79. The van der Waals surface area contributed by atoms with Crippen LogP contribution in [0.3, 0.4) is 0 Å². The summed E-state index contributed by atoms with van der Waals surface area (Å²) in [6.07, 6.45) is 5.35. The van der Waals surface area contributed by atoms with E-state index in [9.17, 15) is 0 Å². The molecule has 1 saturated carbocycles. The Morgan fingerprint density at radius 3 is 2.79 bits per heavy atom. The van der Waals surface area contributed by atoms with E-state index >= 15 is 0 Å². The molecule has 2 N–H and O–H groups in total. The van der Waals surface area contributed by atoms with E-state index in [0.717, 1.165) is 32.3 Å². The normalized spacial score (nSPS) is 29.4. The second kappa shape index (κ2) is 5.10. The van der Waals surface area contributed by atoms with Crippen LogP contribution < -0.4 is 5.73 Å². The molecule has 1 aliphatic heterocycles. The lowest BCUT2D eigenvalue weighted by molar-refractivity contribution is 0.00331. The number of hydrogen-bond donors (Lipinski definition) is 1. The third kappa shape index (κ3) is 3.23. The summed E-state index contributed by atoms with van der Waals surface area (Å²) in [6, 6.07) is 0. The van der Waals surface area contributed by atoms with Crippen LogP contribution in [0.4, 0.5) is 0 Å². The molecule has 0 bridgehead atoms. The van der Waals surface area contributed by atoms with Crippen LogP contribution in [0.5, 0.6) is 0 Å². The minimum Gasteiger partial charge on any atom is -0.366 e. The molecule has 0 aromatic carbocycles.